The van der Waals surface area contributed by atoms with Gasteiger partial charge in [-0.25, -0.2) is 9.97 Å². The summed E-state index contributed by atoms with van der Waals surface area (Å²) in [5.41, 5.74) is 3.83. The summed E-state index contributed by atoms with van der Waals surface area (Å²) in [5, 5.41) is 0. The molecule has 1 fully saturated rings. The number of aryl methyl sites for hydroxylation is 1. The van der Waals surface area contributed by atoms with Gasteiger partial charge in [0, 0.05) is 37.4 Å². The second kappa shape index (κ2) is 6.67. The minimum absolute atomic E-state index is 0.949. The van der Waals surface area contributed by atoms with E-state index in [9.17, 15) is 0 Å². The van der Waals surface area contributed by atoms with Gasteiger partial charge in [0.05, 0.1) is 12.8 Å². The van der Waals surface area contributed by atoms with Crippen LogP contribution < -0.4 is 14.5 Å². The molecule has 24 heavy (non-hydrogen) atoms. The number of nitrogens with zero attached hydrogens (tertiary/aromatic N) is 4. The Morgan fingerprint density at radius 1 is 0.917 bits per heavy atom. The molecular formula is C19H24N4O. The Bertz CT molecular complexity index is 710. The first-order valence-electron chi connectivity index (χ1n) is 8.82. The lowest BCUT2D eigenvalue weighted by atomic mass is 9.96. The fourth-order valence-electron chi connectivity index (χ4n) is 3.83. The van der Waals surface area contributed by atoms with E-state index >= 15 is 0 Å². The Morgan fingerprint density at radius 2 is 1.67 bits per heavy atom. The van der Waals surface area contributed by atoms with Gasteiger partial charge in [-0.3, -0.25) is 0 Å². The van der Waals surface area contributed by atoms with Crippen LogP contribution in [0, 0.1) is 0 Å². The molecule has 126 valence electrons. The Morgan fingerprint density at radius 3 is 2.50 bits per heavy atom. The number of anilines is 2. The third kappa shape index (κ3) is 2.79. The zero-order chi connectivity index (χ0) is 16.4. The van der Waals surface area contributed by atoms with Gasteiger partial charge in [-0.2, -0.15) is 0 Å². The number of hydrogen-bond acceptors (Lipinski definition) is 5. The van der Waals surface area contributed by atoms with E-state index in [2.05, 4.69) is 31.9 Å². The summed E-state index contributed by atoms with van der Waals surface area (Å²) in [5.74, 6) is 2.12. The van der Waals surface area contributed by atoms with Crippen LogP contribution >= 0.6 is 0 Å². The predicted molar refractivity (Wildman–Crippen MR) is 96.1 cm³/mol. The highest BCUT2D eigenvalue weighted by molar-refractivity contribution is 5.60. The number of methoxy groups -OCH3 is 1. The van der Waals surface area contributed by atoms with E-state index in [-0.39, 0.29) is 0 Å². The molecule has 0 spiro atoms. The standard InChI is InChI=1S/C19H24N4O/c1-24-18-9-5-4-8-17(18)22-10-12-23(13-11-22)19-15-6-2-3-7-16(15)20-14-21-19/h4-5,8-9,14H,2-3,6-7,10-13H2,1H3. The van der Waals surface area contributed by atoms with Crippen molar-refractivity contribution < 1.29 is 4.74 Å². The molecule has 0 unspecified atom stereocenters. The summed E-state index contributed by atoms with van der Waals surface area (Å²) in [6.45, 7) is 3.95. The molecule has 2 aromatic rings. The summed E-state index contributed by atoms with van der Waals surface area (Å²) in [4.78, 5) is 13.9. The predicted octanol–water partition coefficient (Wildman–Crippen LogP) is 2.69. The van der Waals surface area contributed by atoms with Crippen molar-refractivity contribution in [2.75, 3.05) is 43.1 Å². The molecule has 0 amide bonds. The van der Waals surface area contributed by atoms with E-state index in [0.717, 1.165) is 44.8 Å². The number of rotatable bonds is 3. The van der Waals surface area contributed by atoms with Gasteiger partial charge < -0.3 is 14.5 Å². The monoisotopic (exact) mass is 324 g/mol. The molecule has 5 nitrogen and oxygen atoms in total. The van der Waals surface area contributed by atoms with Gasteiger partial charge in [0.2, 0.25) is 0 Å². The average molecular weight is 324 g/mol. The van der Waals surface area contributed by atoms with Gasteiger partial charge in [0.1, 0.15) is 17.9 Å². The van der Waals surface area contributed by atoms with Crippen LogP contribution in [0.2, 0.25) is 0 Å². The number of piperazine rings is 1. The zero-order valence-corrected chi connectivity index (χ0v) is 14.2. The topological polar surface area (TPSA) is 41.5 Å². The Hall–Kier alpha value is -2.30. The molecule has 0 N–H and O–H groups in total. The van der Waals surface area contributed by atoms with E-state index in [1.54, 1.807) is 13.4 Å². The minimum atomic E-state index is 0.949. The van der Waals surface area contributed by atoms with Crippen LogP contribution in [0.3, 0.4) is 0 Å². The number of fused-ring (bicyclic) bond motifs is 1. The minimum Gasteiger partial charge on any atom is -0.495 e. The van der Waals surface area contributed by atoms with Gasteiger partial charge >= 0.3 is 0 Å². The van der Waals surface area contributed by atoms with Gasteiger partial charge in [-0.1, -0.05) is 12.1 Å². The maximum Gasteiger partial charge on any atom is 0.142 e. The number of para-hydroxylation sites is 2. The molecule has 1 aliphatic carbocycles. The van der Waals surface area contributed by atoms with E-state index in [4.69, 9.17) is 4.74 Å². The van der Waals surface area contributed by atoms with E-state index in [0.29, 0.717) is 0 Å². The summed E-state index contributed by atoms with van der Waals surface area (Å²) in [6.07, 6.45) is 6.48. The highest BCUT2D eigenvalue weighted by atomic mass is 16.5. The molecule has 2 aliphatic rings. The second-order valence-electron chi connectivity index (χ2n) is 6.48. The smallest absolute Gasteiger partial charge is 0.142 e. The lowest BCUT2D eigenvalue weighted by molar-refractivity contribution is 0.413. The molecule has 0 atom stereocenters. The first-order chi connectivity index (χ1) is 11.9. The van der Waals surface area contributed by atoms with Crippen LogP contribution in [-0.2, 0) is 12.8 Å². The molecule has 0 radical (unpaired) electrons. The van der Waals surface area contributed by atoms with Crippen molar-refractivity contribution in [1.29, 1.82) is 0 Å². The maximum absolute atomic E-state index is 5.51. The Labute approximate surface area is 143 Å². The Kier molecular flexibility index (Phi) is 4.24. The molecule has 0 saturated carbocycles. The average Bonchev–Trinajstić information content (AvgIpc) is 2.67. The largest absolute Gasteiger partial charge is 0.495 e. The summed E-state index contributed by atoms with van der Waals surface area (Å²) in [7, 11) is 1.74. The van der Waals surface area contributed by atoms with Crippen LogP contribution in [-0.4, -0.2) is 43.3 Å². The maximum atomic E-state index is 5.51. The van der Waals surface area contributed by atoms with Crippen molar-refractivity contribution in [2.24, 2.45) is 0 Å². The summed E-state index contributed by atoms with van der Waals surface area (Å²) >= 11 is 0. The van der Waals surface area contributed by atoms with Crippen molar-refractivity contribution >= 4 is 11.5 Å². The molecule has 2 heterocycles. The van der Waals surface area contributed by atoms with Crippen molar-refractivity contribution in [2.45, 2.75) is 25.7 Å². The van der Waals surface area contributed by atoms with E-state index in [1.165, 1.54) is 35.6 Å². The fourth-order valence-corrected chi connectivity index (χ4v) is 3.83. The van der Waals surface area contributed by atoms with Crippen molar-refractivity contribution in [3.8, 4) is 5.75 Å². The van der Waals surface area contributed by atoms with Gasteiger partial charge in [-0.15, -0.1) is 0 Å². The van der Waals surface area contributed by atoms with Gasteiger partial charge in [0.25, 0.3) is 0 Å². The van der Waals surface area contributed by atoms with Crippen LogP contribution in [0.5, 0.6) is 5.75 Å². The number of ether oxygens (including phenoxy) is 1. The third-order valence-corrected chi connectivity index (χ3v) is 5.11. The molecule has 1 aliphatic heterocycles. The second-order valence-corrected chi connectivity index (χ2v) is 6.48. The molecule has 4 rings (SSSR count). The molecule has 1 aromatic heterocycles. The molecule has 0 bridgehead atoms. The fraction of sp³-hybridized carbons (Fsp3) is 0.474. The van der Waals surface area contributed by atoms with Crippen molar-refractivity contribution in [1.82, 2.24) is 9.97 Å². The van der Waals surface area contributed by atoms with Crippen LogP contribution in [0.1, 0.15) is 24.1 Å². The van der Waals surface area contributed by atoms with Crippen LogP contribution in [0.4, 0.5) is 11.5 Å². The molecule has 5 heteroatoms. The van der Waals surface area contributed by atoms with E-state index < -0.39 is 0 Å². The van der Waals surface area contributed by atoms with Crippen molar-refractivity contribution in [3.63, 3.8) is 0 Å². The summed E-state index contributed by atoms with van der Waals surface area (Å²) < 4.78 is 5.51. The molecule has 1 saturated heterocycles. The van der Waals surface area contributed by atoms with Crippen molar-refractivity contribution in [3.05, 3.63) is 41.9 Å². The SMILES string of the molecule is COc1ccccc1N1CCN(c2ncnc3c2CCCC3)CC1. The van der Waals surface area contributed by atoms with Crippen LogP contribution in [0.25, 0.3) is 0 Å². The lowest BCUT2D eigenvalue weighted by Crippen LogP contribution is -2.47. The Balaban J connectivity index is 1.51. The molecule has 1 aromatic carbocycles. The molecular weight excluding hydrogens is 300 g/mol. The first-order valence-corrected chi connectivity index (χ1v) is 8.82. The van der Waals surface area contributed by atoms with Crippen LogP contribution in [0.15, 0.2) is 30.6 Å². The quantitative estimate of drug-likeness (QED) is 0.868. The highest BCUT2D eigenvalue weighted by Gasteiger charge is 2.24. The zero-order valence-electron chi connectivity index (χ0n) is 14.2. The highest BCUT2D eigenvalue weighted by Crippen LogP contribution is 2.31. The third-order valence-electron chi connectivity index (χ3n) is 5.11. The van der Waals surface area contributed by atoms with Gasteiger partial charge in [0.15, 0.2) is 0 Å². The van der Waals surface area contributed by atoms with Gasteiger partial charge in [-0.05, 0) is 37.8 Å². The number of benzene rings is 1. The first kappa shape index (κ1) is 15.2. The lowest BCUT2D eigenvalue weighted by Gasteiger charge is -2.38. The number of hydrogen-bond donors (Lipinski definition) is 0. The van der Waals surface area contributed by atoms with E-state index in [1.807, 2.05) is 12.1 Å². The normalized spacial score (nSPS) is 17.5. The number of aromatic nitrogens is 2. The summed E-state index contributed by atoms with van der Waals surface area (Å²) in [6, 6.07) is 8.26.